The zero-order chi connectivity index (χ0) is 13.0. The molecule has 1 aromatic rings. The van der Waals surface area contributed by atoms with Crippen molar-refractivity contribution in [1.29, 1.82) is 0 Å². The van der Waals surface area contributed by atoms with Gasteiger partial charge >= 0.3 is 0 Å². The molecule has 1 aromatic carbocycles. The number of hydrogen-bond acceptors (Lipinski definition) is 3. The van der Waals surface area contributed by atoms with Crippen LogP contribution in [0.15, 0.2) is 30.9 Å². The van der Waals surface area contributed by atoms with Gasteiger partial charge in [-0.2, -0.15) is 0 Å². The SMILES string of the molecule is C=C[C@@H](c1ccc(F)c(OC)c1)N1CCNCC1. The largest absolute Gasteiger partial charge is 0.494 e. The molecule has 0 bridgehead atoms. The number of halogens is 1. The summed E-state index contributed by atoms with van der Waals surface area (Å²) in [5, 5.41) is 3.32. The Morgan fingerprint density at radius 3 is 2.78 bits per heavy atom. The average Bonchev–Trinajstić information content (AvgIpc) is 2.42. The smallest absolute Gasteiger partial charge is 0.165 e. The van der Waals surface area contributed by atoms with Gasteiger partial charge in [-0.25, -0.2) is 4.39 Å². The van der Waals surface area contributed by atoms with Crippen molar-refractivity contribution < 1.29 is 9.13 Å². The molecule has 0 unspecified atom stereocenters. The minimum atomic E-state index is -0.329. The lowest BCUT2D eigenvalue weighted by Gasteiger charge is -2.33. The van der Waals surface area contributed by atoms with E-state index in [-0.39, 0.29) is 17.6 Å². The van der Waals surface area contributed by atoms with Gasteiger partial charge in [-0.1, -0.05) is 12.1 Å². The number of nitrogens with one attached hydrogen (secondary N) is 1. The van der Waals surface area contributed by atoms with Crippen LogP contribution in [0.1, 0.15) is 11.6 Å². The van der Waals surface area contributed by atoms with E-state index in [1.54, 1.807) is 12.1 Å². The van der Waals surface area contributed by atoms with Gasteiger partial charge in [-0.15, -0.1) is 6.58 Å². The highest BCUT2D eigenvalue weighted by Gasteiger charge is 2.20. The van der Waals surface area contributed by atoms with Crippen LogP contribution in [0.3, 0.4) is 0 Å². The maximum atomic E-state index is 13.4. The lowest BCUT2D eigenvalue weighted by molar-refractivity contribution is 0.203. The van der Waals surface area contributed by atoms with Crippen LogP contribution in [-0.4, -0.2) is 38.2 Å². The van der Waals surface area contributed by atoms with E-state index in [0.29, 0.717) is 0 Å². The molecule has 98 valence electrons. The number of nitrogens with zero attached hydrogens (tertiary/aromatic N) is 1. The van der Waals surface area contributed by atoms with E-state index in [1.165, 1.54) is 13.2 Å². The maximum Gasteiger partial charge on any atom is 0.165 e. The number of hydrogen-bond donors (Lipinski definition) is 1. The van der Waals surface area contributed by atoms with Gasteiger partial charge in [-0.05, 0) is 17.7 Å². The highest BCUT2D eigenvalue weighted by Crippen LogP contribution is 2.27. The van der Waals surface area contributed by atoms with Crippen LogP contribution in [0.4, 0.5) is 4.39 Å². The molecule has 4 heteroatoms. The Hall–Kier alpha value is -1.39. The van der Waals surface area contributed by atoms with Crippen LogP contribution in [0, 0.1) is 5.82 Å². The third-order valence-electron chi connectivity index (χ3n) is 3.28. The fourth-order valence-electron chi connectivity index (χ4n) is 2.32. The summed E-state index contributed by atoms with van der Waals surface area (Å²) in [5.41, 5.74) is 1.02. The van der Waals surface area contributed by atoms with Gasteiger partial charge < -0.3 is 10.1 Å². The Balaban J connectivity index is 2.23. The molecular weight excluding hydrogens is 231 g/mol. The van der Waals surface area contributed by atoms with Crippen molar-refractivity contribution in [3.63, 3.8) is 0 Å². The molecule has 0 aromatic heterocycles. The van der Waals surface area contributed by atoms with Crippen LogP contribution < -0.4 is 10.1 Å². The lowest BCUT2D eigenvalue weighted by Crippen LogP contribution is -2.44. The summed E-state index contributed by atoms with van der Waals surface area (Å²) in [7, 11) is 1.48. The van der Waals surface area contributed by atoms with Gasteiger partial charge in [0.15, 0.2) is 11.6 Å². The lowest BCUT2D eigenvalue weighted by atomic mass is 10.0. The fraction of sp³-hybridized carbons (Fsp3) is 0.429. The summed E-state index contributed by atoms with van der Waals surface area (Å²) in [4.78, 5) is 2.33. The average molecular weight is 250 g/mol. The predicted molar refractivity (Wildman–Crippen MR) is 70.3 cm³/mol. The van der Waals surface area contributed by atoms with E-state index in [1.807, 2.05) is 6.08 Å². The zero-order valence-corrected chi connectivity index (χ0v) is 10.7. The summed E-state index contributed by atoms with van der Waals surface area (Å²) >= 11 is 0. The van der Waals surface area contributed by atoms with Gasteiger partial charge in [0.1, 0.15) is 0 Å². The molecule has 0 spiro atoms. The number of ether oxygens (including phenoxy) is 1. The summed E-state index contributed by atoms with van der Waals surface area (Å²) in [6, 6.07) is 5.12. The molecule has 18 heavy (non-hydrogen) atoms. The topological polar surface area (TPSA) is 24.5 Å². The van der Waals surface area contributed by atoms with E-state index in [9.17, 15) is 4.39 Å². The number of piperazine rings is 1. The Morgan fingerprint density at radius 2 is 2.17 bits per heavy atom. The number of benzene rings is 1. The van der Waals surface area contributed by atoms with Crippen LogP contribution >= 0.6 is 0 Å². The van der Waals surface area contributed by atoms with Gasteiger partial charge in [0.2, 0.25) is 0 Å². The fourth-order valence-corrected chi connectivity index (χ4v) is 2.32. The molecule has 1 fully saturated rings. The predicted octanol–water partition coefficient (Wildman–Crippen LogP) is 1.97. The molecule has 1 N–H and O–H groups in total. The van der Waals surface area contributed by atoms with Crippen LogP contribution in [0.5, 0.6) is 5.75 Å². The molecule has 0 amide bonds. The molecule has 3 nitrogen and oxygen atoms in total. The van der Waals surface area contributed by atoms with E-state index in [2.05, 4.69) is 16.8 Å². The first-order valence-electron chi connectivity index (χ1n) is 6.17. The standard InChI is InChI=1S/C14H19FN2O/c1-3-13(17-8-6-16-7-9-17)11-4-5-12(15)14(10-11)18-2/h3-5,10,13,16H,1,6-9H2,2H3/t13-/m0/s1. The van der Waals surface area contributed by atoms with Crippen LogP contribution in [0.25, 0.3) is 0 Å². The van der Waals surface area contributed by atoms with E-state index < -0.39 is 0 Å². The van der Waals surface area contributed by atoms with Gasteiger partial charge in [0.25, 0.3) is 0 Å². The third kappa shape index (κ3) is 2.71. The molecular formula is C14H19FN2O. The molecule has 0 saturated carbocycles. The second-order valence-corrected chi connectivity index (χ2v) is 4.36. The normalized spacial score (nSPS) is 18.3. The minimum Gasteiger partial charge on any atom is -0.494 e. The Kier molecular flexibility index (Phi) is 4.33. The summed E-state index contributed by atoms with van der Waals surface area (Å²) < 4.78 is 18.4. The first-order chi connectivity index (χ1) is 8.76. The van der Waals surface area contributed by atoms with Crippen molar-refractivity contribution in [2.75, 3.05) is 33.3 Å². The van der Waals surface area contributed by atoms with Gasteiger partial charge in [0, 0.05) is 26.2 Å². The van der Waals surface area contributed by atoms with Crippen molar-refractivity contribution in [1.82, 2.24) is 10.2 Å². The van der Waals surface area contributed by atoms with Crippen LogP contribution in [-0.2, 0) is 0 Å². The first kappa shape index (κ1) is 13.1. The van der Waals surface area contributed by atoms with E-state index in [0.717, 1.165) is 31.7 Å². The van der Waals surface area contributed by atoms with Crippen molar-refractivity contribution in [2.24, 2.45) is 0 Å². The molecule has 0 aliphatic carbocycles. The Bertz CT molecular complexity index is 416. The molecule has 1 saturated heterocycles. The van der Waals surface area contributed by atoms with Gasteiger partial charge in [0.05, 0.1) is 13.2 Å². The third-order valence-corrected chi connectivity index (χ3v) is 3.28. The summed E-state index contributed by atoms with van der Waals surface area (Å²) in [5.74, 6) is -0.0427. The van der Waals surface area contributed by atoms with E-state index in [4.69, 9.17) is 4.74 Å². The number of methoxy groups -OCH3 is 1. The molecule has 2 rings (SSSR count). The maximum absolute atomic E-state index is 13.4. The van der Waals surface area contributed by atoms with Crippen molar-refractivity contribution in [3.8, 4) is 5.75 Å². The molecule has 1 atom stereocenters. The molecule has 1 aliphatic heterocycles. The highest BCUT2D eigenvalue weighted by molar-refractivity contribution is 5.33. The Labute approximate surface area is 107 Å². The van der Waals surface area contributed by atoms with Gasteiger partial charge in [-0.3, -0.25) is 4.90 Å². The highest BCUT2D eigenvalue weighted by atomic mass is 19.1. The monoisotopic (exact) mass is 250 g/mol. The van der Waals surface area contributed by atoms with Crippen molar-refractivity contribution >= 4 is 0 Å². The van der Waals surface area contributed by atoms with Crippen molar-refractivity contribution in [3.05, 3.63) is 42.2 Å². The molecule has 0 radical (unpaired) electrons. The second kappa shape index (κ2) is 5.98. The van der Waals surface area contributed by atoms with Crippen molar-refractivity contribution in [2.45, 2.75) is 6.04 Å². The second-order valence-electron chi connectivity index (χ2n) is 4.36. The van der Waals surface area contributed by atoms with E-state index >= 15 is 0 Å². The molecule has 1 aliphatic rings. The minimum absolute atomic E-state index is 0.113. The zero-order valence-electron chi connectivity index (χ0n) is 10.7. The van der Waals surface area contributed by atoms with Crippen LogP contribution in [0.2, 0.25) is 0 Å². The number of rotatable bonds is 4. The quantitative estimate of drug-likeness (QED) is 0.827. The summed E-state index contributed by atoms with van der Waals surface area (Å²) in [6.07, 6.45) is 1.90. The first-order valence-corrected chi connectivity index (χ1v) is 6.17. The molecule has 1 heterocycles. The Morgan fingerprint density at radius 1 is 1.44 bits per heavy atom. The summed E-state index contributed by atoms with van der Waals surface area (Å²) in [6.45, 7) is 7.78.